The molecule has 3 rings (SSSR count). The number of nitrogens with one attached hydrogen (secondary N) is 1. The maximum atomic E-state index is 12.4. The summed E-state index contributed by atoms with van der Waals surface area (Å²) >= 11 is 0. The molecule has 0 atom stereocenters. The minimum absolute atomic E-state index is 0.139. The third-order valence-electron chi connectivity index (χ3n) is 3.76. The largest absolute Gasteiger partial charge is 0.482 e. The first-order valence-electron chi connectivity index (χ1n) is 8.93. The number of esters is 1. The molecule has 1 aromatic heterocycles. The third-order valence-corrected chi connectivity index (χ3v) is 3.76. The van der Waals surface area contributed by atoms with Crippen molar-refractivity contribution in [1.29, 1.82) is 5.26 Å². The summed E-state index contributed by atoms with van der Waals surface area (Å²) in [7, 11) is 0. The van der Waals surface area contributed by atoms with Crippen molar-refractivity contribution in [2.24, 2.45) is 0 Å². The number of ether oxygens (including phenoxy) is 2. The van der Waals surface area contributed by atoms with E-state index in [2.05, 4.69) is 5.32 Å². The van der Waals surface area contributed by atoms with Crippen molar-refractivity contribution in [1.82, 2.24) is 0 Å². The molecule has 0 saturated heterocycles. The van der Waals surface area contributed by atoms with Crippen molar-refractivity contribution in [2.75, 3.05) is 11.9 Å². The van der Waals surface area contributed by atoms with Crippen LogP contribution in [-0.4, -0.2) is 24.1 Å². The number of hydrogen-bond acceptors (Lipinski definition) is 6. The highest BCUT2D eigenvalue weighted by atomic mass is 16.6. The normalized spacial score (nSPS) is 11.0. The Bertz CT molecular complexity index is 1090. The van der Waals surface area contributed by atoms with Crippen LogP contribution in [0.4, 0.5) is 5.69 Å². The zero-order valence-corrected chi connectivity index (χ0v) is 16.3. The van der Waals surface area contributed by atoms with Crippen molar-refractivity contribution >= 4 is 28.5 Å². The van der Waals surface area contributed by atoms with Gasteiger partial charge in [-0.15, -0.1) is 0 Å². The molecule has 0 unspecified atom stereocenters. The van der Waals surface area contributed by atoms with Crippen LogP contribution in [0.25, 0.3) is 11.0 Å². The van der Waals surface area contributed by atoms with Crippen LogP contribution in [-0.2, 0) is 9.53 Å². The number of amides is 1. The van der Waals surface area contributed by atoms with Crippen LogP contribution >= 0.6 is 0 Å². The van der Waals surface area contributed by atoms with E-state index in [0.29, 0.717) is 28.0 Å². The van der Waals surface area contributed by atoms with Gasteiger partial charge in [0, 0.05) is 11.1 Å². The van der Waals surface area contributed by atoms with Gasteiger partial charge in [-0.05, 0) is 69.3 Å². The first-order valence-corrected chi connectivity index (χ1v) is 8.93. The van der Waals surface area contributed by atoms with Gasteiger partial charge in [-0.2, -0.15) is 5.26 Å². The first kappa shape index (κ1) is 20.0. The molecular formula is C22H20N2O5. The summed E-state index contributed by atoms with van der Waals surface area (Å²) in [6.45, 7) is 5.15. The summed E-state index contributed by atoms with van der Waals surface area (Å²) < 4.78 is 16.1. The van der Waals surface area contributed by atoms with Crippen molar-refractivity contribution in [3.05, 3.63) is 59.9 Å². The van der Waals surface area contributed by atoms with Crippen LogP contribution in [0, 0.1) is 11.3 Å². The van der Waals surface area contributed by atoms with Crippen LogP contribution in [0.15, 0.2) is 52.9 Å². The van der Waals surface area contributed by atoms with Crippen molar-refractivity contribution in [2.45, 2.75) is 26.4 Å². The molecule has 0 radical (unpaired) electrons. The SMILES string of the molecule is CC(C)(C)OC(=O)COc1ccc(NC(=O)c2cc3cc(C#N)ccc3o2)cc1. The van der Waals surface area contributed by atoms with Gasteiger partial charge in [0.2, 0.25) is 0 Å². The topological polar surface area (TPSA) is 102 Å². The molecule has 3 aromatic rings. The van der Waals surface area contributed by atoms with E-state index in [9.17, 15) is 9.59 Å². The van der Waals surface area contributed by atoms with Crippen LogP contribution in [0.3, 0.4) is 0 Å². The van der Waals surface area contributed by atoms with Crippen molar-refractivity contribution in [3.8, 4) is 11.8 Å². The number of nitrogens with zero attached hydrogens (tertiary/aromatic N) is 1. The number of anilines is 1. The Morgan fingerprint density at radius 3 is 2.48 bits per heavy atom. The quantitative estimate of drug-likeness (QED) is 0.651. The minimum atomic E-state index is -0.568. The highest BCUT2D eigenvalue weighted by Crippen LogP contribution is 2.22. The van der Waals surface area contributed by atoms with E-state index in [1.165, 1.54) is 0 Å². The zero-order chi connectivity index (χ0) is 21.0. The van der Waals surface area contributed by atoms with E-state index in [-0.39, 0.29) is 12.4 Å². The number of benzene rings is 2. The summed E-state index contributed by atoms with van der Waals surface area (Å²) in [5.41, 5.74) is 0.992. The fraction of sp³-hybridized carbons (Fsp3) is 0.227. The molecule has 1 amide bonds. The van der Waals surface area contributed by atoms with Crippen molar-refractivity contribution < 1.29 is 23.5 Å². The molecule has 2 aromatic carbocycles. The first-order chi connectivity index (χ1) is 13.7. The molecule has 1 N–H and O–H groups in total. The van der Waals surface area contributed by atoms with Gasteiger partial charge >= 0.3 is 5.97 Å². The lowest BCUT2D eigenvalue weighted by atomic mass is 10.2. The number of furan rings is 1. The van der Waals surface area contributed by atoms with Crippen LogP contribution in [0.2, 0.25) is 0 Å². The van der Waals surface area contributed by atoms with Gasteiger partial charge in [-0.3, -0.25) is 4.79 Å². The Labute approximate surface area is 167 Å². The monoisotopic (exact) mass is 392 g/mol. The highest BCUT2D eigenvalue weighted by molar-refractivity contribution is 6.04. The number of fused-ring (bicyclic) bond motifs is 1. The number of carbonyl (C=O) groups excluding carboxylic acids is 2. The smallest absolute Gasteiger partial charge is 0.344 e. The predicted octanol–water partition coefficient (Wildman–Crippen LogP) is 4.28. The summed E-state index contributed by atoms with van der Waals surface area (Å²) in [4.78, 5) is 24.1. The third kappa shape index (κ3) is 5.36. The van der Waals surface area contributed by atoms with E-state index in [0.717, 1.165) is 0 Å². The second-order valence-corrected chi connectivity index (χ2v) is 7.33. The summed E-state index contributed by atoms with van der Waals surface area (Å²) in [5, 5.41) is 12.4. The molecule has 0 saturated carbocycles. The fourth-order valence-electron chi connectivity index (χ4n) is 2.57. The van der Waals surface area contributed by atoms with Gasteiger partial charge in [0.05, 0.1) is 11.6 Å². The molecular weight excluding hydrogens is 372 g/mol. The lowest BCUT2D eigenvalue weighted by molar-refractivity contribution is -0.157. The summed E-state index contributed by atoms with van der Waals surface area (Å²) in [6.07, 6.45) is 0. The molecule has 7 heteroatoms. The molecule has 148 valence electrons. The van der Waals surface area contributed by atoms with Crippen molar-refractivity contribution in [3.63, 3.8) is 0 Å². The van der Waals surface area contributed by atoms with E-state index < -0.39 is 17.5 Å². The summed E-state index contributed by atoms with van der Waals surface area (Å²) in [5.74, 6) is -0.261. The van der Waals surface area contributed by atoms with E-state index in [1.54, 1.807) is 69.3 Å². The molecule has 29 heavy (non-hydrogen) atoms. The van der Waals surface area contributed by atoms with Crippen LogP contribution < -0.4 is 10.1 Å². The maximum Gasteiger partial charge on any atom is 0.344 e. The number of rotatable bonds is 5. The number of hydrogen-bond donors (Lipinski definition) is 1. The van der Waals surface area contributed by atoms with E-state index in [4.69, 9.17) is 19.2 Å². The molecule has 1 heterocycles. The molecule has 0 aliphatic carbocycles. The molecule has 7 nitrogen and oxygen atoms in total. The second kappa shape index (κ2) is 8.07. The average molecular weight is 392 g/mol. The highest BCUT2D eigenvalue weighted by Gasteiger charge is 2.17. The second-order valence-electron chi connectivity index (χ2n) is 7.33. The van der Waals surface area contributed by atoms with E-state index in [1.807, 2.05) is 6.07 Å². The Morgan fingerprint density at radius 1 is 1.10 bits per heavy atom. The average Bonchev–Trinajstić information content (AvgIpc) is 3.09. The van der Waals surface area contributed by atoms with Gasteiger partial charge in [0.25, 0.3) is 5.91 Å². The van der Waals surface area contributed by atoms with Crippen LogP contribution in [0.1, 0.15) is 36.9 Å². The molecule has 0 aliphatic heterocycles. The lowest BCUT2D eigenvalue weighted by Crippen LogP contribution is -2.27. The standard InChI is InChI=1S/C22H20N2O5/c1-22(2,3)29-20(25)13-27-17-7-5-16(6-8-17)24-21(26)19-11-15-10-14(12-23)4-9-18(15)28-19/h4-11H,13H2,1-3H3,(H,24,26). The van der Waals surface area contributed by atoms with Gasteiger partial charge in [-0.1, -0.05) is 0 Å². The molecule has 0 aliphatic rings. The number of carbonyl (C=O) groups is 2. The zero-order valence-electron chi connectivity index (χ0n) is 16.3. The van der Waals surface area contributed by atoms with E-state index >= 15 is 0 Å². The van der Waals surface area contributed by atoms with Gasteiger partial charge < -0.3 is 19.2 Å². The van der Waals surface area contributed by atoms with Crippen LogP contribution in [0.5, 0.6) is 5.75 Å². The maximum absolute atomic E-state index is 12.4. The molecule has 0 bridgehead atoms. The predicted molar refractivity (Wildman–Crippen MR) is 107 cm³/mol. The van der Waals surface area contributed by atoms with Gasteiger partial charge in [-0.25, -0.2) is 4.79 Å². The van der Waals surface area contributed by atoms with Gasteiger partial charge in [0.1, 0.15) is 16.9 Å². The van der Waals surface area contributed by atoms with Gasteiger partial charge in [0.15, 0.2) is 12.4 Å². The lowest BCUT2D eigenvalue weighted by Gasteiger charge is -2.19. The minimum Gasteiger partial charge on any atom is -0.482 e. The molecule has 0 fully saturated rings. The Morgan fingerprint density at radius 2 is 1.83 bits per heavy atom. The number of nitriles is 1. The Balaban J connectivity index is 1.60. The Hall–Kier alpha value is -3.79. The molecule has 0 spiro atoms. The fourth-order valence-corrected chi connectivity index (χ4v) is 2.57. The Kier molecular flexibility index (Phi) is 5.55. The summed E-state index contributed by atoms with van der Waals surface area (Å²) in [6, 6.07) is 15.2.